The van der Waals surface area contributed by atoms with Crippen LogP contribution in [0.4, 0.5) is 0 Å². The highest BCUT2D eigenvalue weighted by atomic mass is 79.9. The van der Waals surface area contributed by atoms with Gasteiger partial charge in [0.25, 0.3) is 0 Å². The van der Waals surface area contributed by atoms with E-state index in [0.717, 1.165) is 23.0 Å². The number of furan rings is 1. The molecule has 2 atom stereocenters. The predicted octanol–water partition coefficient (Wildman–Crippen LogP) is 2.76. The SMILES string of the molecule is Brc1ccc(CNC2CCN3CCCC3C2)o1. The Morgan fingerprint density at radius 2 is 2.29 bits per heavy atom. The van der Waals surface area contributed by atoms with Gasteiger partial charge in [-0.05, 0) is 66.8 Å². The Bertz CT molecular complexity index is 379. The molecule has 2 unspecified atom stereocenters. The number of nitrogens with one attached hydrogen (secondary N) is 1. The molecule has 2 aliphatic rings. The molecule has 3 nitrogen and oxygen atoms in total. The van der Waals surface area contributed by atoms with Crippen molar-refractivity contribution in [2.75, 3.05) is 13.1 Å². The molecule has 0 radical (unpaired) electrons. The van der Waals surface area contributed by atoms with Crippen molar-refractivity contribution >= 4 is 15.9 Å². The van der Waals surface area contributed by atoms with Crippen LogP contribution in [0.1, 0.15) is 31.4 Å². The molecule has 1 aromatic heterocycles. The van der Waals surface area contributed by atoms with Crippen molar-refractivity contribution in [3.63, 3.8) is 0 Å². The number of rotatable bonds is 3. The average molecular weight is 299 g/mol. The lowest BCUT2D eigenvalue weighted by Crippen LogP contribution is -2.45. The van der Waals surface area contributed by atoms with Gasteiger partial charge in [0, 0.05) is 12.1 Å². The zero-order valence-electron chi connectivity index (χ0n) is 9.99. The largest absolute Gasteiger partial charge is 0.453 e. The first kappa shape index (κ1) is 11.8. The highest BCUT2D eigenvalue weighted by Crippen LogP contribution is 2.27. The van der Waals surface area contributed by atoms with Crippen LogP contribution < -0.4 is 5.32 Å². The Kier molecular flexibility index (Phi) is 3.54. The molecule has 2 saturated heterocycles. The first-order valence-electron chi connectivity index (χ1n) is 6.53. The van der Waals surface area contributed by atoms with Gasteiger partial charge in [0.2, 0.25) is 0 Å². The predicted molar refractivity (Wildman–Crippen MR) is 70.9 cm³/mol. The van der Waals surface area contributed by atoms with E-state index in [1.165, 1.54) is 38.8 Å². The van der Waals surface area contributed by atoms with Crippen LogP contribution in [0.25, 0.3) is 0 Å². The molecule has 2 aliphatic heterocycles. The number of hydrogen-bond acceptors (Lipinski definition) is 3. The summed E-state index contributed by atoms with van der Waals surface area (Å²) in [7, 11) is 0. The van der Waals surface area contributed by atoms with Crippen LogP contribution in [-0.2, 0) is 6.54 Å². The van der Waals surface area contributed by atoms with Gasteiger partial charge in [0.05, 0.1) is 6.54 Å². The normalized spacial score (nSPS) is 29.5. The monoisotopic (exact) mass is 298 g/mol. The van der Waals surface area contributed by atoms with Gasteiger partial charge in [-0.15, -0.1) is 0 Å². The minimum Gasteiger partial charge on any atom is -0.453 e. The highest BCUT2D eigenvalue weighted by Gasteiger charge is 2.31. The van der Waals surface area contributed by atoms with Crippen molar-refractivity contribution in [1.82, 2.24) is 10.2 Å². The Balaban J connectivity index is 1.49. The van der Waals surface area contributed by atoms with Gasteiger partial charge >= 0.3 is 0 Å². The Hall–Kier alpha value is -0.320. The maximum absolute atomic E-state index is 5.50. The number of piperidine rings is 1. The van der Waals surface area contributed by atoms with E-state index in [0.29, 0.717) is 6.04 Å². The second-order valence-electron chi connectivity index (χ2n) is 5.14. The topological polar surface area (TPSA) is 28.4 Å². The lowest BCUT2D eigenvalue weighted by molar-refractivity contribution is 0.165. The maximum Gasteiger partial charge on any atom is 0.169 e. The van der Waals surface area contributed by atoms with Crippen molar-refractivity contribution in [2.24, 2.45) is 0 Å². The standard InChI is InChI=1S/C13H19BrN2O/c14-13-4-3-12(17-13)9-15-10-5-7-16-6-1-2-11(16)8-10/h3-4,10-11,15H,1-2,5-9H2. The van der Waals surface area contributed by atoms with E-state index < -0.39 is 0 Å². The second kappa shape index (κ2) is 5.12. The van der Waals surface area contributed by atoms with Crippen LogP contribution in [0.5, 0.6) is 0 Å². The molecule has 94 valence electrons. The fraction of sp³-hybridized carbons (Fsp3) is 0.692. The Morgan fingerprint density at radius 1 is 1.35 bits per heavy atom. The fourth-order valence-corrected chi connectivity index (χ4v) is 3.44. The summed E-state index contributed by atoms with van der Waals surface area (Å²) in [6.45, 7) is 3.44. The minimum atomic E-state index is 0.665. The van der Waals surface area contributed by atoms with Crippen LogP contribution in [0.2, 0.25) is 0 Å². The Morgan fingerprint density at radius 3 is 3.12 bits per heavy atom. The van der Waals surface area contributed by atoms with Crippen molar-refractivity contribution in [3.05, 3.63) is 22.6 Å². The molecule has 0 aromatic carbocycles. The van der Waals surface area contributed by atoms with Gasteiger partial charge in [-0.1, -0.05) is 0 Å². The zero-order valence-corrected chi connectivity index (χ0v) is 11.6. The van der Waals surface area contributed by atoms with E-state index in [4.69, 9.17) is 4.42 Å². The van der Waals surface area contributed by atoms with Crippen LogP contribution in [-0.4, -0.2) is 30.1 Å². The van der Waals surface area contributed by atoms with Crippen molar-refractivity contribution < 1.29 is 4.42 Å². The summed E-state index contributed by atoms with van der Waals surface area (Å²) < 4.78 is 6.32. The summed E-state index contributed by atoms with van der Waals surface area (Å²) in [5.41, 5.74) is 0. The van der Waals surface area contributed by atoms with Gasteiger partial charge in [-0.25, -0.2) is 0 Å². The van der Waals surface area contributed by atoms with E-state index in [2.05, 4.69) is 26.1 Å². The first-order chi connectivity index (χ1) is 8.31. The first-order valence-corrected chi connectivity index (χ1v) is 7.32. The second-order valence-corrected chi connectivity index (χ2v) is 5.92. The number of nitrogens with zero attached hydrogens (tertiary/aromatic N) is 1. The summed E-state index contributed by atoms with van der Waals surface area (Å²) in [6, 6.07) is 5.49. The third-order valence-corrected chi connectivity index (χ3v) is 4.44. The molecule has 0 amide bonds. The smallest absolute Gasteiger partial charge is 0.169 e. The van der Waals surface area contributed by atoms with E-state index >= 15 is 0 Å². The van der Waals surface area contributed by atoms with Gasteiger partial charge in [0.1, 0.15) is 5.76 Å². The van der Waals surface area contributed by atoms with Crippen LogP contribution in [0.3, 0.4) is 0 Å². The molecule has 1 aromatic rings. The number of fused-ring (bicyclic) bond motifs is 1. The van der Waals surface area contributed by atoms with Gasteiger partial charge in [-0.3, -0.25) is 0 Å². The summed E-state index contributed by atoms with van der Waals surface area (Å²) in [4.78, 5) is 2.65. The van der Waals surface area contributed by atoms with Crippen molar-refractivity contribution in [2.45, 2.75) is 44.3 Å². The summed E-state index contributed by atoms with van der Waals surface area (Å²) in [5.74, 6) is 1.02. The molecule has 0 aliphatic carbocycles. The third kappa shape index (κ3) is 2.75. The molecule has 3 rings (SSSR count). The zero-order chi connectivity index (χ0) is 11.7. The molecule has 0 spiro atoms. The van der Waals surface area contributed by atoms with E-state index in [-0.39, 0.29) is 0 Å². The molecule has 2 fully saturated rings. The average Bonchev–Trinajstić information content (AvgIpc) is 2.94. The van der Waals surface area contributed by atoms with E-state index in [1.807, 2.05) is 12.1 Å². The molecule has 0 saturated carbocycles. The third-order valence-electron chi connectivity index (χ3n) is 4.01. The van der Waals surface area contributed by atoms with Crippen LogP contribution in [0, 0.1) is 0 Å². The maximum atomic E-state index is 5.50. The molecule has 0 bridgehead atoms. The molecule has 4 heteroatoms. The van der Waals surface area contributed by atoms with E-state index in [9.17, 15) is 0 Å². The van der Waals surface area contributed by atoms with Crippen molar-refractivity contribution in [1.29, 1.82) is 0 Å². The summed E-state index contributed by atoms with van der Waals surface area (Å²) >= 11 is 3.33. The van der Waals surface area contributed by atoms with Crippen molar-refractivity contribution in [3.8, 4) is 0 Å². The minimum absolute atomic E-state index is 0.665. The lowest BCUT2D eigenvalue weighted by Gasteiger charge is -2.35. The lowest BCUT2D eigenvalue weighted by atomic mass is 9.97. The molecule has 1 N–H and O–H groups in total. The van der Waals surface area contributed by atoms with Crippen LogP contribution in [0.15, 0.2) is 21.2 Å². The quantitative estimate of drug-likeness (QED) is 0.930. The van der Waals surface area contributed by atoms with Crippen LogP contribution >= 0.6 is 15.9 Å². The molecular formula is C13H19BrN2O. The fourth-order valence-electron chi connectivity index (χ4n) is 3.10. The molecular weight excluding hydrogens is 280 g/mol. The van der Waals surface area contributed by atoms with Gasteiger partial charge in [0.15, 0.2) is 4.67 Å². The van der Waals surface area contributed by atoms with Gasteiger partial charge in [-0.2, -0.15) is 0 Å². The highest BCUT2D eigenvalue weighted by molar-refractivity contribution is 9.10. The van der Waals surface area contributed by atoms with E-state index in [1.54, 1.807) is 0 Å². The number of halogens is 1. The summed E-state index contributed by atoms with van der Waals surface area (Å²) in [5, 5.41) is 3.62. The Labute approximate surface area is 111 Å². The molecule has 3 heterocycles. The summed E-state index contributed by atoms with van der Waals surface area (Å²) in [6.07, 6.45) is 5.37. The number of hydrogen-bond donors (Lipinski definition) is 1. The van der Waals surface area contributed by atoms with Gasteiger partial charge < -0.3 is 14.6 Å². The molecule has 17 heavy (non-hydrogen) atoms.